The van der Waals surface area contributed by atoms with E-state index in [2.05, 4.69) is 29.0 Å². The molecule has 0 aromatic carbocycles. The molecule has 6 heteroatoms. The molecule has 2 aromatic rings. The molecule has 0 radical (unpaired) electrons. The van der Waals surface area contributed by atoms with E-state index in [0.717, 1.165) is 23.2 Å². The van der Waals surface area contributed by atoms with Gasteiger partial charge in [-0.15, -0.1) is 0 Å². The fourth-order valence-corrected chi connectivity index (χ4v) is 3.19. The molecule has 118 valence electrons. The van der Waals surface area contributed by atoms with E-state index in [9.17, 15) is 4.79 Å². The maximum atomic E-state index is 13.0. The van der Waals surface area contributed by atoms with Crippen LogP contribution in [0.2, 0.25) is 0 Å². The van der Waals surface area contributed by atoms with Crippen LogP contribution in [0.5, 0.6) is 0 Å². The van der Waals surface area contributed by atoms with Crippen LogP contribution in [-0.4, -0.2) is 45.1 Å². The monoisotopic (exact) mass is 301 g/mol. The number of nitrogens with one attached hydrogen (secondary N) is 1. The highest BCUT2D eigenvalue weighted by Crippen LogP contribution is 2.30. The molecule has 1 saturated heterocycles. The van der Waals surface area contributed by atoms with Gasteiger partial charge in [-0.3, -0.25) is 9.89 Å². The Balaban J connectivity index is 2.01. The number of amides is 1. The molecule has 1 atom stereocenters. The van der Waals surface area contributed by atoms with Crippen molar-refractivity contribution in [3.05, 3.63) is 23.0 Å². The maximum absolute atomic E-state index is 13.0. The van der Waals surface area contributed by atoms with Crippen molar-refractivity contribution in [1.82, 2.24) is 20.1 Å². The Labute approximate surface area is 130 Å². The average Bonchev–Trinajstić information content (AvgIpc) is 2.81. The van der Waals surface area contributed by atoms with Crippen molar-refractivity contribution < 1.29 is 4.79 Å². The van der Waals surface area contributed by atoms with E-state index in [1.165, 1.54) is 0 Å². The molecule has 0 spiro atoms. The molecule has 1 aliphatic heterocycles. The minimum Gasteiger partial charge on any atom is -0.338 e. The summed E-state index contributed by atoms with van der Waals surface area (Å²) in [7, 11) is 0. The van der Waals surface area contributed by atoms with Crippen molar-refractivity contribution >= 4 is 16.9 Å². The third-order valence-corrected chi connectivity index (χ3v) is 4.66. The van der Waals surface area contributed by atoms with E-state index in [4.69, 9.17) is 5.73 Å². The summed E-state index contributed by atoms with van der Waals surface area (Å²) in [6.07, 6.45) is 0.830. The highest BCUT2D eigenvalue weighted by atomic mass is 16.2. The summed E-state index contributed by atoms with van der Waals surface area (Å²) >= 11 is 0. The van der Waals surface area contributed by atoms with Gasteiger partial charge in [0.1, 0.15) is 0 Å². The molecule has 1 amide bonds. The third-order valence-electron chi connectivity index (χ3n) is 4.66. The van der Waals surface area contributed by atoms with Gasteiger partial charge in [0.2, 0.25) is 0 Å². The summed E-state index contributed by atoms with van der Waals surface area (Å²) < 4.78 is 0. The van der Waals surface area contributed by atoms with Gasteiger partial charge in [0, 0.05) is 30.5 Å². The van der Waals surface area contributed by atoms with E-state index < -0.39 is 0 Å². The van der Waals surface area contributed by atoms with Crippen LogP contribution in [0.1, 0.15) is 42.0 Å². The van der Waals surface area contributed by atoms with E-state index in [1.54, 1.807) is 0 Å². The standard InChI is InChI=1S/C16H23N5O/c1-9-7-11(13-10(2)19-20-14(13)18-9)15(22)21-6-5-12(17)16(3,4)8-21/h7,12H,5-6,8,17H2,1-4H3,(H,18,19,20). The lowest BCUT2D eigenvalue weighted by Gasteiger charge is -2.42. The van der Waals surface area contributed by atoms with Gasteiger partial charge in [0.05, 0.1) is 10.9 Å². The predicted molar refractivity (Wildman–Crippen MR) is 85.6 cm³/mol. The van der Waals surface area contributed by atoms with Crippen molar-refractivity contribution in [1.29, 1.82) is 0 Å². The van der Waals surface area contributed by atoms with E-state index in [-0.39, 0.29) is 17.4 Å². The molecule has 1 unspecified atom stereocenters. The van der Waals surface area contributed by atoms with Crippen LogP contribution < -0.4 is 5.73 Å². The molecule has 3 rings (SSSR count). The number of aryl methyl sites for hydroxylation is 2. The lowest BCUT2D eigenvalue weighted by molar-refractivity contribution is 0.0534. The molecule has 0 aliphatic carbocycles. The number of nitrogens with two attached hydrogens (primary N) is 1. The molecular formula is C16H23N5O. The normalized spacial score (nSPS) is 21.3. The van der Waals surface area contributed by atoms with Gasteiger partial charge >= 0.3 is 0 Å². The first-order chi connectivity index (χ1) is 10.3. The van der Waals surface area contributed by atoms with Crippen LogP contribution in [0, 0.1) is 19.3 Å². The van der Waals surface area contributed by atoms with Gasteiger partial charge in [-0.1, -0.05) is 13.8 Å². The molecule has 3 N–H and O–H groups in total. The van der Waals surface area contributed by atoms with Crippen molar-refractivity contribution in [3.63, 3.8) is 0 Å². The van der Waals surface area contributed by atoms with Crippen molar-refractivity contribution in [2.75, 3.05) is 13.1 Å². The largest absolute Gasteiger partial charge is 0.338 e. The number of hydrogen-bond acceptors (Lipinski definition) is 4. The summed E-state index contributed by atoms with van der Waals surface area (Å²) in [4.78, 5) is 19.3. The summed E-state index contributed by atoms with van der Waals surface area (Å²) in [6.45, 7) is 9.41. The number of rotatable bonds is 1. The van der Waals surface area contributed by atoms with Crippen molar-refractivity contribution in [3.8, 4) is 0 Å². The second-order valence-corrected chi connectivity index (χ2v) is 6.97. The van der Waals surface area contributed by atoms with Gasteiger partial charge < -0.3 is 10.6 Å². The molecular weight excluding hydrogens is 278 g/mol. The zero-order chi connectivity index (χ0) is 16.1. The maximum Gasteiger partial charge on any atom is 0.254 e. The molecule has 1 aliphatic rings. The quantitative estimate of drug-likeness (QED) is 0.840. The van der Waals surface area contributed by atoms with Gasteiger partial charge in [0.15, 0.2) is 5.65 Å². The zero-order valence-electron chi connectivity index (χ0n) is 13.6. The van der Waals surface area contributed by atoms with Gasteiger partial charge in [0.25, 0.3) is 5.91 Å². The smallest absolute Gasteiger partial charge is 0.254 e. The zero-order valence-corrected chi connectivity index (χ0v) is 13.6. The number of likely N-dealkylation sites (tertiary alicyclic amines) is 1. The number of aromatic amines is 1. The van der Waals surface area contributed by atoms with Gasteiger partial charge in [-0.2, -0.15) is 5.10 Å². The fraction of sp³-hybridized carbons (Fsp3) is 0.562. The minimum absolute atomic E-state index is 0.0416. The number of aromatic nitrogens is 3. The number of nitrogens with zero attached hydrogens (tertiary/aromatic N) is 3. The molecule has 22 heavy (non-hydrogen) atoms. The molecule has 0 saturated carbocycles. The topological polar surface area (TPSA) is 87.9 Å². The first kappa shape index (κ1) is 15.0. The SMILES string of the molecule is Cc1cc(C(=O)N2CCC(N)C(C)(C)C2)c2c(C)[nH]nc2n1. The average molecular weight is 301 g/mol. The molecule has 0 bridgehead atoms. The highest BCUT2D eigenvalue weighted by Gasteiger charge is 2.36. The van der Waals surface area contributed by atoms with Crippen LogP contribution in [0.4, 0.5) is 0 Å². The van der Waals surface area contributed by atoms with Gasteiger partial charge in [-0.05, 0) is 31.7 Å². The minimum atomic E-state index is -0.0689. The summed E-state index contributed by atoms with van der Waals surface area (Å²) in [6, 6.07) is 1.99. The van der Waals surface area contributed by atoms with Crippen LogP contribution in [0.15, 0.2) is 6.07 Å². The molecule has 2 aromatic heterocycles. The Morgan fingerprint density at radius 3 is 2.86 bits per heavy atom. The van der Waals surface area contributed by atoms with Crippen molar-refractivity contribution in [2.24, 2.45) is 11.1 Å². The second kappa shape index (κ2) is 5.05. The Morgan fingerprint density at radius 1 is 1.45 bits per heavy atom. The van der Waals surface area contributed by atoms with Crippen molar-refractivity contribution in [2.45, 2.75) is 40.2 Å². The Morgan fingerprint density at radius 2 is 2.18 bits per heavy atom. The second-order valence-electron chi connectivity index (χ2n) is 6.97. The number of carbonyl (C=O) groups excluding carboxylic acids is 1. The Bertz CT molecular complexity index is 733. The summed E-state index contributed by atoms with van der Waals surface area (Å²) in [5, 5.41) is 7.93. The number of carbonyl (C=O) groups is 1. The fourth-order valence-electron chi connectivity index (χ4n) is 3.19. The number of hydrogen-bond donors (Lipinski definition) is 2. The van der Waals surface area contributed by atoms with Crippen LogP contribution in [0.25, 0.3) is 11.0 Å². The van der Waals surface area contributed by atoms with Crippen LogP contribution in [0.3, 0.4) is 0 Å². The molecule has 3 heterocycles. The molecule has 6 nitrogen and oxygen atoms in total. The van der Waals surface area contributed by atoms with E-state index in [0.29, 0.717) is 24.3 Å². The third kappa shape index (κ3) is 2.37. The number of pyridine rings is 1. The van der Waals surface area contributed by atoms with Crippen LogP contribution in [-0.2, 0) is 0 Å². The number of fused-ring (bicyclic) bond motifs is 1. The number of H-pyrrole nitrogens is 1. The summed E-state index contributed by atoms with van der Waals surface area (Å²) in [5.74, 6) is 0.0416. The van der Waals surface area contributed by atoms with Crippen LogP contribution >= 0.6 is 0 Å². The van der Waals surface area contributed by atoms with E-state index in [1.807, 2.05) is 24.8 Å². The number of piperidine rings is 1. The molecule has 1 fully saturated rings. The first-order valence-corrected chi connectivity index (χ1v) is 7.67. The lowest BCUT2D eigenvalue weighted by Crippen LogP contribution is -2.54. The lowest BCUT2D eigenvalue weighted by atomic mass is 9.79. The highest BCUT2D eigenvalue weighted by molar-refractivity contribution is 6.06. The predicted octanol–water partition coefficient (Wildman–Crippen LogP) is 1.77. The van der Waals surface area contributed by atoms with E-state index >= 15 is 0 Å². The Hall–Kier alpha value is -1.95. The Kier molecular flexibility index (Phi) is 3.44. The first-order valence-electron chi connectivity index (χ1n) is 7.67. The van der Waals surface area contributed by atoms with Gasteiger partial charge in [-0.25, -0.2) is 4.98 Å². The summed E-state index contributed by atoms with van der Waals surface area (Å²) in [5.41, 5.74) is 9.07.